The van der Waals surface area contributed by atoms with Gasteiger partial charge in [0.05, 0.1) is 10.5 Å². The molecule has 2 aromatic carbocycles. The Kier molecular flexibility index (Phi) is 3.51. The molecule has 0 aliphatic carbocycles. The third-order valence-electron chi connectivity index (χ3n) is 3.34. The Bertz CT molecular complexity index is 768. The van der Waals surface area contributed by atoms with Crippen LogP contribution in [-0.4, -0.2) is 4.98 Å². The van der Waals surface area contributed by atoms with Crippen LogP contribution in [0.2, 0.25) is 0 Å². The van der Waals surface area contributed by atoms with E-state index in [9.17, 15) is 4.39 Å². The van der Waals surface area contributed by atoms with E-state index in [-0.39, 0.29) is 5.82 Å². The molecule has 4 heteroatoms. The van der Waals surface area contributed by atoms with Crippen molar-refractivity contribution >= 4 is 26.7 Å². The number of rotatable bonds is 2. The van der Waals surface area contributed by atoms with Gasteiger partial charge >= 0.3 is 0 Å². The minimum atomic E-state index is -0.406. The fraction of sp³-hybridized carbons (Fsp3) is 0.0625. The van der Waals surface area contributed by atoms with Crippen LogP contribution in [0.25, 0.3) is 10.8 Å². The minimum absolute atomic E-state index is 0.314. The van der Waals surface area contributed by atoms with Crippen LogP contribution in [0.4, 0.5) is 4.39 Å². The minimum Gasteiger partial charge on any atom is -0.320 e. The van der Waals surface area contributed by atoms with Crippen molar-refractivity contribution in [2.24, 2.45) is 5.73 Å². The average Bonchev–Trinajstić information content (AvgIpc) is 2.49. The highest BCUT2D eigenvalue weighted by atomic mass is 79.9. The maximum atomic E-state index is 13.7. The Morgan fingerprint density at radius 2 is 1.90 bits per heavy atom. The molecule has 3 aromatic rings. The van der Waals surface area contributed by atoms with E-state index in [1.54, 1.807) is 18.5 Å². The van der Waals surface area contributed by atoms with E-state index in [4.69, 9.17) is 5.73 Å². The monoisotopic (exact) mass is 330 g/mol. The summed E-state index contributed by atoms with van der Waals surface area (Å²) in [7, 11) is 0. The summed E-state index contributed by atoms with van der Waals surface area (Å²) in [5.74, 6) is -0.314. The summed E-state index contributed by atoms with van der Waals surface area (Å²) in [6.07, 6.45) is 3.54. The third kappa shape index (κ3) is 2.32. The Morgan fingerprint density at radius 1 is 1.10 bits per heavy atom. The average molecular weight is 331 g/mol. The van der Waals surface area contributed by atoms with E-state index in [1.165, 1.54) is 6.07 Å². The van der Waals surface area contributed by atoms with E-state index < -0.39 is 6.04 Å². The topological polar surface area (TPSA) is 38.9 Å². The normalized spacial score (nSPS) is 12.6. The first kappa shape index (κ1) is 13.2. The van der Waals surface area contributed by atoms with Gasteiger partial charge in [-0.3, -0.25) is 4.98 Å². The highest BCUT2D eigenvalue weighted by molar-refractivity contribution is 9.10. The predicted molar refractivity (Wildman–Crippen MR) is 81.9 cm³/mol. The van der Waals surface area contributed by atoms with Crippen molar-refractivity contribution in [1.29, 1.82) is 0 Å². The molecular formula is C16H12BrFN2. The van der Waals surface area contributed by atoms with Crippen molar-refractivity contribution in [3.63, 3.8) is 0 Å². The number of fused-ring (bicyclic) bond motifs is 1. The summed E-state index contributed by atoms with van der Waals surface area (Å²) in [5, 5.41) is 2.07. The lowest BCUT2D eigenvalue weighted by Gasteiger charge is -2.15. The summed E-state index contributed by atoms with van der Waals surface area (Å²) in [5.41, 5.74) is 7.90. The van der Waals surface area contributed by atoms with Gasteiger partial charge in [0.25, 0.3) is 0 Å². The third-order valence-corrected chi connectivity index (χ3v) is 3.98. The predicted octanol–water partition coefficient (Wildman–Crippen LogP) is 4.18. The Balaban J connectivity index is 2.12. The number of hydrogen-bond donors (Lipinski definition) is 1. The van der Waals surface area contributed by atoms with Crippen LogP contribution < -0.4 is 5.73 Å². The standard InChI is InChI=1S/C16H12BrFN2/c17-14-6-5-10(7-15(14)18)16(19)13-9-20-8-11-3-1-2-4-12(11)13/h1-9,16H,19H2. The molecule has 1 aromatic heterocycles. The van der Waals surface area contributed by atoms with Crippen LogP contribution in [0.1, 0.15) is 17.2 Å². The second-order valence-corrected chi connectivity index (χ2v) is 5.46. The number of halogens is 2. The number of nitrogens with zero attached hydrogens (tertiary/aromatic N) is 1. The van der Waals surface area contributed by atoms with Crippen molar-refractivity contribution < 1.29 is 4.39 Å². The molecule has 0 aliphatic heterocycles. The van der Waals surface area contributed by atoms with Gasteiger partial charge < -0.3 is 5.73 Å². The molecule has 0 fully saturated rings. The van der Waals surface area contributed by atoms with E-state index in [0.29, 0.717) is 4.47 Å². The molecule has 0 amide bonds. The van der Waals surface area contributed by atoms with Gasteiger partial charge in [-0.2, -0.15) is 0 Å². The summed E-state index contributed by atoms with van der Waals surface area (Å²) >= 11 is 3.15. The highest BCUT2D eigenvalue weighted by Crippen LogP contribution is 2.28. The Labute approximate surface area is 124 Å². The second kappa shape index (κ2) is 5.31. The second-order valence-electron chi connectivity index (χ2n) is 4.60. The van der Waals surface area contributed by atoms with Gasteiger partial charge in [0.15, 0.2) is 0 Å². The molecule has 0 aliphatic rings. The van der Waals surface area contributed by atoms with Crippen molar-refractivity contribution in [3.8, 4) is 0 Å². The molecule has 2 N–H and O–H groups in total. The van der Waals surface area contributed by atoms with Crippen molar-refractivity contribution in [2.75, 3.05) is 0 Å². The molecule has 2 nitrogen and oxygen atoms in total. The van der Waals surface area contributed by atoms with Gasteiger partial charge in [-0.1, -0.05) is 30.3 Å². The molecule has 0 saturated heterocycles. The number of pyridine rings is 1. The van der Waals surface area contributed by atoms with Gasteiger partial charge in [0.1, 0.15) is 5.82 Å². The van der Waals surface area contributed by atoms with Crippen LogP contribution in [0.5, 0.6) is 0 Å². The Morgan fingerprint density at radius 3 is 2.70 bits per heavy atom. The first-order chi connectivity index (χ1) is 9.66. The zero-order valence-electron chi connectivity index (χ0n) is 10.6. The molecule has 20 heavy (non-hydrogen) atoms. The lowest BCUT2D eigenvalue weighted by atomic mass is 9.96. The fourth-order valence-electron chi connectivity index (χ4n) is 2.27. The molecule has 3 rings (SSSR count). The zero-order valence-corrected chi connectivity index (χ0v) is 12.1. The van der Waals surface area contributed by atoms with Crippen LogP contribution in [0.15, 0.2) is 59.3 Å². The number of nitrogens with two attached hydrogens (primary N) is 1. The molecular weight excluding hydrogens is 319 g/mol. The van der Waals surface area contributed by atoms with Crippen LogP contribution in [0.3, 0.4) is 0 Å². The molecule has 0 saturated carbocycles. The van der Waals surface area contributed by atoms with Crippen LogP contribution in [-0.2, 0) is 0 Å². The Hall–Kier alpha value is -1.78. The van der Waals surface area contributed by atoms with Crippen LogP contribution in [0, 0.1) is 5.82 Å². The number of benzene rings is 2. The van der Waals surface area contributed by atoms with Gasteiger partial charge in [-0.05, 0) is 44.6 Å². The van der Waals surface area contributed by atoms with Gasteiger partial charge in [0.2, 0.25) is 0 Å². The summed E-state index contributed by atoms with van der Waals surface area (Å²) < 4.78 is 14.1. The van der Waals surface area contributed by atoms with E-state index >= 15 is 0 Å². The first-order valence-corrected chi connectivity index (χ1v) is 6.99. The van der Waals surface area contributed by atoms with Crippen molar-refractivity contribution in [2.45, 2.75) is 6.04 Å². The van der Waals surface area contributed by atoms with Gasteiger partial charge in [-0.15, -0.1) is 0 Å². The lowest BCUT2D eigenvalue weighted by molar-refractivity contribution is 0.617. The summed E-state index contributed by atoms with van der Waals surface area (Å²) in [6, 6.07) is 12.4. The molecule has 1 atom stereocenters. The van der Waals surface area contributed by atoms with Gasteiger partial charge in [0, 0.05) is 17.8 Å². The SMILES string of the molecule is NC(c1ccc(Br)c(F)c1)c1cncc2ccccc12. The quantitative estimate of drug-likeness (QED) is 0.765. The summed E-state index contributed by atoms with van der Waals surface area (Å²) in [6.45, 7) is 0. The number of hydrogen-bond acceptors (Lipinski definition) is 2. The van der Waals surface area contributed by atoms with E-state index in [2.05, 4.69) is 20.9 Å². The highest BCUT2D eigenvalue weighted by Gasteiger charge is 2.14. The molecule has 1 heterocycles. The van der Waals surface area contributed by atoms with E-state index in [1.807, 2.05) is 30.3 Å². The van der Waals surface area contributed by atoms with Gasteiger partial charge in [-0.25, -0.2) is 4.39 Å². The smallest absolute Gasteiger partial charge is 0.137 e. The lowest BCUT2D eigenvalue weighted by Crippen LogP contribution is -2.13. The first-order valence-electron chi connectivity index (χ1n) is 6.20. The maximum absolute atomic E-state index is 13.7. The molecule has 1 unspecified atom stereocenters. The molecule has 0 bridgehead atoms. The molecule has 0 spiro atoms. The van der Waals surface area contributed by atoms with Crippen molar-refractivity contribution in [1.82, 2.24) is 4.98 Å². The fourth-order valence-corrected chi connectivity index (χ4v) is 2.52. The largest absolute Gasteiger partial charge is 0.320 e. The van der Waals surface area contributed by atoms with Crippen LogP contribution >= 0.6 is 15.9 Å². The molecule has 0 radical (unpaired) electrons. The van der Waals surface area contributed by atoms with Crippen molar-refractivity contribution in [3.05, 3.63) is 76.3 Å². The molecule has 100 valence electrons. The maximum Gasteiger partial charge on any atom is 0.137 e. The number of aromatic nitrogens is 1. The zero-order chi connectivity index (χ0) is 14.1. The van der Waals surface area contributed by atoms with E-state index in [0.717, 1.165) is 21.9 Å². The summed E-state index contributed by atoms with van der Waals surface area (Å²) in [4.78, 5) is 4.22.